The number of nitrogens with zero attached hydrogens (tertiary/aromatic N) is 4. The average molecular weight is 424 g/mol. The van der Waals surface area contributed by atoms with Gasteiger partial charge in [-0.2, -0.15) is 0 Å². The Balaban J connectivity index is 1.58. The van der Waals surface area contributed by atoms with E-state index in [1.165, 1.54) is 16.9 Å². The number of aromatic nitrogens is 4. The molecule has 0 bridgehead atoms. The van der Waals surface area contributed by atoms with Crippen molar-refractivity contribution in [2.45, 2.75) is 52.5 Å². The van der Waals surface area contributed by atoms with Gasteiger partial charge in [0.25, 0.3) is 5.56 Å². The number of hydrogen-bond donors (Lipinski definition) is 1. The summed E-state index contributed by atoms with van der Waals surface area (Å²) in [6.07, 6.45) is 3.58. The minimum atomic E-state index is -0.0723. The summed E-state index contributed by atoms with van der Waals surface area (Å²) in [7, 11) is 0. The number of benzene rings is 1. The summed E-state index contributed by atoms with van der Waals surface area (Å²) >= 11 is 1.43. The summed E-state index contributed by atoms with van der Waals surface area (Å²) < 4.78 is 4.32. The fourth-order valence-corrected chi connectivity index (χ4v) is 4.36. The standard InChI is InChI=1S/C22H25N5O2S/c1-3-5-13-26-21(29)20-17(12-14-30-20)27-18(24-25-22(26)27)10-11-19(28)23-16-8-6-15(4-2)7-9-16/h6-9,12,14H,3-5,10-11,13H2,1-2H3,(H,23,28). The van der Waals surface area contributed by atoms with Crippen molar-refractivity contribution in [2.24, 2.45) is 0 Å². The summed E-state index contributed by atoms with van der Waals surface area (Å²) in [4.78, 5) is 25.3. The molecule has 0 saturated carbocycles. The molecule has 156 valence electrons. The van der Waals surface area contributed by atoms with E-state index in [4.69, 9.17) is 0 Å². The predicted molar refractivity (Wildman–Crippen MR) is 120 cm³/mol. The van der Waals surface area contributed by atoms with Gasteiger partial charge in [-0.05, 0) is 42.0 Å². The van der Waals surface area contributed by atoms with Crippen LogP contribution in [-0.2, 0) is 24.2 Å². The Hall–Kier alpha value is -3.00. The summed E-state index contributed by atoms with van der Waals surface area (Å²) in [5.41, 5.74) is 2.81. The van der Waals surface area contributed by atoms with Gasteiger partial charge in [-0.15, -0.1) is 21.5 Å². The van der Waals surface area contributed by atoms with E-state index in [0.29, 0.717) is 29.3 Å². The Bertz CT molecular complexity index is 1240. The summed E-state index contributed by atoms with van der Waals surface area (Å²) in [6, 6.07) is 9.80. The number of amides is 1. The first-order chi connectivity index (χ1) is 14.6. The van der Waals surface area contributed by atoms with Gasteiger partial charge in [0, 0.05) is 25.1 Å². The molecule has 0 saturated heterocycles. The lowest BCUT2D eigenvalue weighted by Gasteiger charge is -2.09. The van der Waals surface area contributed by atoms with Crippen LogP contribution in [0.1, 0.15) is 44.5 Å². The van der Waals surface area contributed by atoms with Gasteiger partial charge in [0.05, 0.1) is 5.52 Å². The molecule has 1 amide bonds. The highest BCUT2D eigenvalue weighted by molar-refractivity contribution is 7.17. The van der Waals surface area contributed by atoms with E-state index in [-0.39, 0.29) is 17.9 Å². The number of thiophene rings is 1. The summed E-state index contributed by atoms with van der Waals surface area (Å²) in [5.74, 6) is 1.16. The van der Waals surface area contributed by atoms with Crippen molar-refractivity contribution in [3.05, 3.63) is 57.5 Å². The lowest BCUT2D eigenvalue weighted by atomic mass is 10.1. The molecule has 30 heavy (non-hydrogen) atoms. The first kappa shape index (κ1) is 20.3. The lowest BCUT2D eigenvalue weighted by molar-refractivity contribution is -0.116. The van der Waals surface area contributed by atoms with Crippen LogP contribution in [0.5, 0.6) is 0 Å². The SMILES string of the molecule is CCCCn1c(=O)c2sccc2n2c(CCC(=O)Nc3ccc(CC)cc3)nnc12. The van der Waals surface area contributed by atoms with Crippen LogP contribution in [0, 0.1) is 0 Å². The lowest BCUT2D eigenvalue weighted by Crippen LogP contribution is -2.23. The Morgan fingerprint density at radius 3 is 2.67 bits per heavy atom. The first-order valence-corrected chi connectivity index (χ1v) is 11.2. The number of unbranched alkanes of at least 4 members (excludes halogenated alkanes) is 1. The van der Waals surface area contributed by atoms with Gasteiger partial charge in [0.1, 0.15) is 10.5 Å². The van der Waals surface area contributed by atoms with Crippen LogP contribution in [0.25, 0.3) is 16.0 Å². The molecule has 0 fully saturated rings. The Morgan fingerprint density at radius 2 is 1.93 bits per heavy atom. The molecule has 0 aliphatic carbocycles. The molecule has 0 unspecified atom stereocenters. The van der Waals surface area contributed by atoms with E-state index >= 15 is 0 Å². The highest BCUT2D eigenvalue weighted by Gasteiger charge is 2.17. The highest BCUT2D eigenvalue weighted by Crippen LogP contribution is 2.20. The zero-order chi connectivity index (χ0) is 21.1. The minimum absolute atomic E-state index is 0.0202. The maximum atomic E-state index is 12.9. The van der Waals surface area contributed by atoms with E-state index < -0.39 is 0 Å². The minimum Gasteiger partial charge on any atom is -0.326 e. The molecule has 3 heterocycles. The number of rotatable bonds is 8. The fourth-order valence-electron chi connectivity index (χ4n) is 3.53. The molecular formula is C22H25N5O2S. The third-order valence-corrected chi connectivity index (χ3v) is 6.13. The molecule has 0 aliphatic rings. The van der Waals surface area contributed by atoms with Crippen LogP contribution < -0.4 is 10.9 Å². The second-order valence-electron chi connectivity index (χ2n) is 7.30. The molecule has 0 radical (unpaired) electrons. The molecule has 1 N–H and O–H groups in total. The van der Waals surface area contributed by atoms with E-state index in [9.17, 15) is 9.59 Å². The zero-order valence-electron chi connectivity index (χ0n) is 17.2. The van der Waals surface area contributed by atoms with Crippen LogP contribution in [0.4, 0.5) is 5.69 Å². The Kier molecular flexibility index (Phi) is 5.94. The van der Waals surface area contributed by atoms with E-state index in [0.717, 1.165) is 30.5 Å². The average Bonchev–Trinajstić information content (AvgIpc) is 3.40. The van der Waals surface area contributed by atoms with Crippen molar-refractivity contribution < 1.29 is 4.79 Å². The first-order valence-electron chi connectivity index (χ1n) is 10.3. The zero-order valence-corrected chi connectivity index (χ0v) is 18.0. The second-order valence-corrected chi connectivity index (χ2v) is 8.21. The molecule has 0 atom stereocenters. The van der Waals surface area contributed by atoms with Crippen LogP contribution in [-0.4, -0.2) is 25.1 Å². The van der Waals surface area contributed by atoms with Crippen molar-refractivity contribution in [1.29, 1.82) is 0 Å². The summed E-state index contributed by atoms with van der Waals surface area (Å²) in [6.45, 7) is 4.80. The maximum Gasteiger partial charge on any atom is 0.272 e. The van der Waals surface area contributed by atoms with Gasteiger partial charge in [0.15, 0.2) is 0 Å². The number of aryl methyl sites for hydroxylation is 3. The highest BCUT2D eigenvalue weighted by atomic mass is 32.1. The Morgan fingerprint density at radius 1 is 1.13 bits per heavy atom. The summed E-state index contributed by atoms with van der Waals surface area (Å²) in [5, 5.41) is 13.4. The van der Waals surface area contributed by atoms with Crippen LogP contribution >= 0.6 is 11.3 Å². The monoisotopic (exact) mass is 423 g/mol. The number of fused-ring (bicyclic) bond motifs is 3. The number of hydrogen-bond acceptors (Lipinski definition) is 5. The van der Waals surface area contributed by atoms with E-state index in [1.807, 2.05) is 40.1 Å². The smallest absolute Gasteiger partial charge is 0.272 e. The topological polar surface area (TPSA) is 81.3 Å². The van der Waals surface area contributed by atoms with Crippen LogP contribution in [0.2, 0.25) is 0 Å². The van der Waals surface area contributed by atoms with Gasteiger partial charge in [0.2, 0.25) is 11.7 Å². The maximum absolute atomic E-state index is 12.9. The van der Waals surface area contributed by atoms with E-state index in [2.05, 4.69) is 29.4 Å². The van der Waals surface area contributed by atoms with Crippen LogP contribution in [0.3, 0.4) is 0 Å². The molecular weight excluding hydrogens is 398 g/mol. The number of anilines is 1. The quantitative estimate of drug-likeness (QED) is 0.464. The van der Waals surface area contributed by atoms with Gasteiger partial charge >= 0.3 is 0 Å². The van der Waals surface area contributed by atoms with Crippen molar-refractivity contribution in [1.82, 2.24) is 19.2 Å². The predicted octanol–water partition coefficient (Wildman–Crippen LogP) is 4.04. The third kappa shape index (κ3) is 3.87. The molecule has 3 aromatic heterocycles. The number of carbonyl (C=O) groups excluding carboxylic acids is 1. The van der Waals surface area contributed by atoms with Gasteiger partial charge in [-0.3, -0.25) is 18.6 Å². The Labute approximate surface area is 178 Å². The molecule has 4 aromatic rings. The third-order valence-electron chi connectivity index (χ3n) is 5.24. The van der Waals surface area contributed by atoms with Gasteiger partial charge in [-0.1, -0.05) is 32.4 Å². The largest absolute Gasteiger partial charge is 0.326 e. The molecule has 0 aliphatic heterocycles. The molecule has 4 rings (SSSR count). The second kappa shape index (κ2) is 8.79. The van der Waals surface area contributed by atoms with E-state index in [1.54, 1.807) is 4.57 Å². The number of nitrogens with one attached hydrogen (secondary N) is 1. The normalized spacial score (nSPS) is 11.4. The molecule has 0 spiro atoms. The molecule has 8 heteroatoms. The van der Waals surface area contributed by atoms with Crippen molar-refractivity contribution >= 4 is 38.9 Å². The molecule has 7 nitrogen and oxygen atoms in total. The van der Waals surface area contributed by atoms with Gasteiger partial charge in [-0.25, -0.2) is 0 Å². The molecule has 1 aromatic carbocycles. The van der Waals surface area contributed by atoms with Crippen molar-refractivity contribution in [2.75, 3.05) is 5.32 Å². The van der Waals surface area contributed by atoms with Gasteiger partial charge < -0.3 is 5.32 Å². The van der Waals surface area contributed by atoms with Crippen molar-refractivity contribution in [3.63, 3.8) is 0 Å². The van der Waals surface area contributed by atoms with Crippen LogP contribution in [0.15, 0.2) is 40.5 Å². The van der Waals surface area contributed by atoms with Crippen molar-refractivity contribution in [3.8, 4) is 0 Å². The number of carbonyl (C=O) groups is 1. The fraction of sp³-hybridized carbons (Fsp3) is 0.364.